The maximum atomic E-state index is 12.9. The fraction of sp³-hybridized carbons (Fsp3) is 0.533. The second-order valence-electron chi connectivity index (χ2n) is 5.27. The summed E-state index contributed by atoms with van der Waals surface area (Å²) in [6.45, 7) is 2.25. The first-order valence-electron chi connectivity index (χ1n) is 6.95. The van der Waals surface area contributed by atoms with Crippen molar-refractivity contribution in [2.45, 2.75) is 44.5 Å². The topological polar surface area (TPSA) is 38.3 Å². The van der Waals surface area contributed by atoms with E-state index in [1.165, 1.54) is 12.1 Å². The highest BCUT2D eigenvalue weighted by Gasteiger charge is 2.33. The van der Waals surface area contributed by atoms with Crippen molar-refractivity contribution in [3.63, 3.8) is 0 Å². The molecule has 2 atom stereocenters. The van der Waals surface area contributed by atoms with E-state index < -0.39 is 17.8 Å². The molecule has 0 saturated carbocycles. The van der Waals surface area contributed by atoms with Crippen LogP contribution in [0.2, 0.25) is 0 Å². The SMILES string of the molecule is C[C@@H](Cc1ccccc1C(F)(F)F)NC(=O)[C@@H]1CCCO1. The molecule has 116 valence electrons. The Labute approximate surface area is 121 Å². The second-order valence-corrected chi connectivity index (χ2v) is 5.27. The number of hydrogen-bond acceptors (Lipinski definition) is 2. The van der Waals surface area contributed by atoms with Crippen LogP contribution in [0.3, 0.4) is 0 Å². The lowest BCUT2D eigenvalue weighted by molar-refractivity contribution is -0.138. The largest absolute Gasteiger partial charge is 0.416 e. The summed E-state index contributed by atoms with van der Waals surface area (Å²) in [5.74, 6) is -0.246. The molecule has 1 aliphatic rings. The fourth-order valence-corrected chi connectivity index (χ4v) is 2.48. The molecule has 21 heavy (non-hydrogen) atoms. The Kier molecular flexibility index (Phi) is 4.88. The summed E-state index contributed by atoms with van der Waals surface area (Å²) in [6, 6.07) is 5.05. The van der Waals surface area contributed by atoms with Crippen LogP contribution in [0.4, 0.5) is 13.2 Å². The van der Waals surface area contributed by atoms with Crippen LogP contribution in [0.25, 0.3) is 0 Å². The highest BCUT2D eigenvalue weighted by Crippen LogP contribution is 2.32. The van der Waals surface area contributed by atoms with Gasteiger partial charge in [-0.25, -0.2) is 0 Å². The zero-order valence-electron chi connectivity index (χ0n) is 11.7. The van der Waals surface area contributed by atoms with Crippen molar-refractivity contribution in [3.8, 4) is 0 Å². The molecule has 0 spiro atoms. The smallest absolute Gasteiger partial charge is 0.368 e. The summed E-state index contributed by atoms with van der Waals surface area (Å²) >= 11 is 0. The first-order chi connectivity index (χ1) is 9.88. The van der Waals surface area contributed by atoms with Crippen molar-refractivity contribution in [1.29, 1.82) is 0 Å². The second kappa shape index (κ2) is 6.47. The molecule has 6 heteroatoms. The van der Waals surface area contributed by atoms with Crippen LogP contribution in [0, 0.1) is 0 Å². The molecule has 0 radical (unpaired) electrons. The third-order valence-electron chi connectivity index (χ3n) is 3.46. The van der Waals surface area contributed by atoms with Gasteiger partial charge in [-0.1, -0.05) is 18.2 Å². The van der Waals surface area contributed by atoms with E-state index in [0.717, 1.165) is 12.5 Å². The minimum absolute atomic E-state index is 0.133. The quantitative estimate of drug-likeness (QED) is 0.928. The van der Waals surface area contributed by atoms with Crippen LogP contribution in [0.5, 0.6) is 0 Å². The maximum absolute atomic E-state index is 12.9. The standard InChI is InChI=1S/C15H18F3NO2/c1-10(19-14(20)13-7-4-8-21-13)9-11-5-2-3-6-12(11)15(16,17)18/h2-3,5-6,10,13H,4,7-9H2,1H3,(H,19,20)/t10-,13-/m0/s1. The molecule has 1 fully saturated rings. The lowest BCUT2D eigenvalue weighted by atomic mass is 10.0. The zero-order valence-corrected chi connectivity index (χ0v) is 11.7. The number of carbonyl (C=O) groups is 1. The Hall–Kier alpha value is -1.56. The van der Waals surface area contributed by atoms with Crippen LogP contribution < -0.4 is 5.32 Å². The van der Waals surface area contributed by atoms with Gasteiger partial charge in [0.05, 0.1) is 5.56 Å². The zero-order chi connectivity index (χ0) is 15.5. The summed E-state index contributed by atoms with van der Waals surface area (Å²) in [4.78, 5) is 11.9. The molecule has 3 nitrogen and oxygen atoms in total. The van der Waals surface area contributed by atoms with Gasteiger partial charge in [-0.2, -0.15) is 13.2 Å². The van der Waals surface area contributed by atoms with E-state index in [1.54, 1.807) is 13.0 Å². The average molecular weight is 301 g/mol. The molecule has 1 N–H and O–H groups in total. The molecule has 1 aromatic rings. The molecule has 1 amide bonds. The first kappa shape index (κ1) is 15.8. The predicted octanol–water partition coefficient (Wildman–Crippen LogP) is 2.93. The third kappa shape index (κ3) is 4.20. The van der Waals surface area contributed by atoms with E-state index in [1.807, 2.05) is 0 Å². The Balaban J connectivity index is 1.99. The average Bonchev–Trinajstić information content (AvgIpc) is 2.91. The molecule has 2 rings (SSSR count). The van der Waals surface area contributed by atoms with E-state index in [2.05, 4.69) is 5.32 Å². The van der Waals surface area contributed by atoms with Gasteiger partial charge in [0.25, 0.3) is 0 Å². The molecule has 0 aliphatic carbocycles. The van der Waals surface area contributed by atoms with Crippen molar-refractivity contribution in [3.05, 3.63) is 35.4 Å². The Morgan fingerprint density at radius 2 is 2.14 bits per heavy atom. The van der Waals surface area contributed by atoms with Gasteiger partial charge in [-0.3, -0.25) is 4.79 Å². The number of amides is 1. The van der Waals surface area contributed by atoms with E-state index in [-0.39, 0.29) is 23.9 Å². The molecule has 1 saturated heterocycles. The van der Waals surface area contributed by atoms with Crippen LogP contribution in [-0.2, 0) is 22.1 Å². The van der Waals surface area contributed by atoms with Crippen LogP contribution in [0.1, 0.15) is 30.9 Å². The molecular weight excluding hydrogens is 283 g/mol. The highest BCUT2D eigenvalue weighted by molar-refractivity contribution is 5.81. The monoisotopic (exact) mass is 301 g/mol. The number of hydrogen-bond donors (Lipinski definition) is 1. The van der Waals surface area contributed by atoms with Gasteiger partial charge in [-0.15, -0.1) is 0 Å². The first-order valence-corrected chi connectivity index (χ1v) is 6.95. The molecule has 1 aromatic carbocycles. The van der Waals surface area contributed by atoms with Crippen molar-refractivity contribution in [2.24, 2.45) is 0 Å². The van der Waals surface area contributed by atoms with E-state index >= 15 is 0 Å². The Bertz CT molecular complexity index is 496. The number of benzene rings is 1. The summed E-state index contributed by atoms with van der Waals surface area (Å²) in [5, 5.41) is 2.72. The summed E-state index contributed by atoms with van der Waals surface area (Å²) in [5.41, 5.74) is -0.464. The predicted molar refractivity (Wildman–Crippen MR) is 71.7 cm³/mol. The van der Waals surface area contributed by atoms with Gasteiger partial charge in [0.15, 0.2) is 0 Å². The van der Waals surface area contributed by atoms with E-state index in [4.69, 9.17) is 4.74 Å². The molecular formula is C15H18F3NO2. The molecule has 0 bridgehead atoms. The maximum Gasteiger partial charge on any atom is 0.416 e. The van der Waals surface area contributed by atoms with Crippen LogP contribution in [0.15, 0.2) is 24.3 Å². The summed E-state index contributed by atoms with van der Waals surface area (Å²) in [6.07, 6.45) is -3.21. The number of nitrogens with one attached hydrogen (secondary N) is 1. The third-order valence-corrected chi connectivity index (χ3v) is 3.46. The normalized spacial score (nSPS) is 20.3. The van der Waals surface area contributed by atoms with Gasteiger partial charge in [0.2, 0.25) is 5.91 Å². The molecule has 0 unspecified atom stereocenters. The summed E-state index contributed by atoms with van der Waals surface area (Å²) in [7, 11) is 0. The van der Waals surface area contributed by atoms with Gasteiger partial charge < -0.3 is 10.1 Å². The minimum Gasteiger partial charge on any atom is -0.368 e. The minimum atomic E-state index is -4.38. The number of carbonyl (C=O) groups excluding carboxylic acids is 1. The number of halogens is 3. The molecule has 0 aromatic heterocycles. The van der Waals surface area contributed by atoms with Gasteiger partial charge >= 0.3 is 6.18 Å². The van der Waals surface area contributed by atoms with Crippen molar-refractivity contribution in [2.75, 3.05) is 6.61 Å². The van der Waals surface area contributed by atoms with Gasteiger partial charge in [0, 0.05) is 12.6 Å². The van der Waals surface area contributed by atoms with Gasteiger partial charge in [0.1, 0.15) is 6.10 Å². The Morgan fingerprint density at radius 1 is 1.43 bits per heavy atom. The van der Waals surface area contributed by atoms with Crippen LogP contribution >= 0.6 is 0 Å². The van der Waals surface area contributed by atoms with Gasteiger partial charge in [-0.05, 0) is 37.8 Å². The lowest BCUT2D eigenvalue weighted by Crippen LogP contribution is -2.40. The Morgan fingerprint density at radius 3 is 2.76 bits per heavy atom. The molecule has 1 heterocycles. The van der Waals surface area contributed by atoms with Crippen LogP contribution in [-0.4, -0.2) is 24.7 Å². The number of rotatable bonds is 4. The van der Waals surface area contributed by atoms with Crippen molar-refractivity contribution < 1.29 is 22.7 Å². The van der Waals surface area contributed by atoms with E-state index in [0.29, 0.717) is 13.0 Å². The highest BCUT2D eigenvalue weighted by atomic mass is 19.4. The summed E-state index contributed by atoms with van der Waals surface area (Å²) < 4.78 is 44.0. The van der Waals surface area contributed by atoms with E-state index in [9.17, 15) is 18.0 Å². The fourth-order valence-electron chi connectivity index (χ4n) is 2.48. The number of alkyl halides is 3. The van der Waals surface area contributed by atoms with Crippen molar-refractivity contribution >= 4 is 5.91 Å². The lowest BCUT2D eigenvalue weighted by Gasteiger charge is -2.19. The van der Waals surface area contributed by atoms with Crippen molar-refractivity contribution in [1.82, 2.24) is 5.32 Å². The molecule has 1 aliphatic heterocycles. The number of ether oxygens (including phenoxy) is 1.